The number of halogens is 1. The number of benzene rings is 1. The van der Waals surface area contributed by atoms with Gasteiger partial charge in [0.1, 0.15) is 5.82 Å². The first kappa shape index (κ1) is 16.2. The SMILES string of the molecule is CCNCc1ccc(N(C)CC2(O)CCOCC2)c(F)c1. The highest BCUT2D eigenvalue weighted by Crippen LogP contribution is 2.26. The van der Waals surface area contributed by atoms with E-state index in [1.54, 1.807) is 17.0 Å². The predicted molar refractivity (Wildman–Crippen MR) is 82.1 cm³/mol. The molecule has 2 N–H and O–H groups in total. The lowest BCUT2D eigenvalue weighted by atomic mass is 9.93. The van der Waals surface area contributed by atoms with Crippen molar-refractivity contribution in [2.24, 2.45) is 0 Å². The Kier molecular flexibility index (Phi) is 5.56. The first-order chi connectivity index (χ1) is 10.0. The van der Waals surface area contributed by atoms with Crippen molar-refractivity contribution in [3.05, 3.63) is 29.6 Å². The third-order valence-electron chi connectivity index (χ3n) is 3.96. The van der Waals surface area contributed by atoms with E-state index in [-0.39, 0.29) is 5.82 Å². The summed E-state index contributed by atoms with van der Waals surface area (Å²) < 4.78 is 19.5. The van der Waals surface area contributed by atoms with Crippen molar-refractivity contribution in [1.29, 1.82) is 0 Å². The van der Waals surface area contributed by atoms with E-state index < -0.39 is 5.60 Å². The number of rotatable bonds is 6. The van der Waals surface area contributed by atoms with Crippen molar-refractivity contribution in [2.75, 3.05) is 38.3 Å². The number of nitrogens with one attached hydrogen (secondary N) is 1. The molecule has 5 heteroatoms. The third-order valence-corrected chi connectivity index (χ3v) is 3.96. The Labute approximate surface area is 125 Å². The summed E-state index contributed by atoms with van der Waals surface area (Å²) in [5.74, 6) is -0.247. The fourth-order valence-corrected chi connectivity index (χ4v) is 2.68. The molecular formula is C16H25FN2O2. The van der Waals surface area contributed by atoms with E-state index in [1.165, 1.54) is 0 Å². The summed E-state index contributed by atoms with van der Waals surface area (Å²) in [4.78, 5) is 1.79. The van der Waals surface area contributed by atoms with E-state index in [4.69, 9.17) is 4.74 Å². The van der Waals surface area contributed by atoms with Crippen LogP contribution in [0.4, 0.5) is 10.1 Å². The number of nitrogens with zero attached hydrogens (tertiary/aromatic N) is 1. The molecule has 0 aliphatic carbocycles. The molecule has 0 saturated carbocycles. The van der Waals surface area contributed by atoms with Crippen LogP contribution in [0.1, 0.15) is 25.3 Å². The largest absolute Gasteiger partial charge is 0.388 e. The van der Waals surface area contributed by atoms with Crippen LogP contribution in [0.15, 0.2) is 18.2 Å². The van der Waals surface area contributed by atoms with Gasteiger partial charge >= 0.3 is 0 Å². The van der Waals surface area contributed by atoms with Crippen LogP contribution in [0.25, 0.3) is 0 Å². The molecule has 0 unspecified atom stereocenters. The maximum Gasteiger partial charge on any atom is 0.146 e. The molecule has 1 fully saturated rings. The van der Waals surface area contributed by atoms with Gasteiger partial charge in [0.15, 0.2) is 0 Å². The monoisotopic (exact) mass is 296 g/mol. The molecular weight excluding hydrogens is 271 g/mol. The highest BCUT2D eigenvalue weighted by atomic mass is 19.1. The van der Waals surface area contributed by atoms with E-state index in [2.05, 4.69) is 5.32 Å². The second kappa shape index (κ2) is 7.20. The Morgan fingerprint density at radius 1 is 1.38 bits per heavy atom. The summed E-state index contributed by atoms with van der Waals surface area (Å²) >= 11 is 0. The van der Waals surface area contributed by atoms with Gasteiger partial charge in [0.05, 0.1) is 11.3 Å². The van der Waals surface area contributed by atoms with Gasteiger partial charge in [-0.1, -0.05) is 13.0 Å². The zero-order valence-corrected chi connectivity index (χ0v) is 12.9. The maximum atomic E-state index is 14.2. The van der Waals surface area contributed by atoms with Gasteiger partial charge in [0.25, 0.3) is 0 Å². The second-order valence-electron chi connectivity index (χ2n) is 5.76. The zero-order chi connectivity index (χ0) is 15.3. The van der Waals surface area contributed by atoms with Gasteiger partial charge in [-0.05, 0) is 24.2 Å². The highest BCUT2D eigenvalue weighted by molar-refractivity contribution is 5.49. The molecule has 21 heavy (non-hydrogen) atoms. The third kappa shape index (κ3) is 4.40. The molecule has 0 aromatic heterocycles. The zero-order valence-electron chi connectivity index (χ0n) is 12.9. The lowest BCUT2D eigenvalue weighted by Crippen LogP contribution is -2.46. The molecule has 2 rings (SSSR count). The second-order valence-corrected chi connectivity index (χ2v) is 5.76. The molecule has 0 amide bonds. The van der Waals surface area contributed by atoms with Crippen LogP contribution in [0.2, 0.25) is 0 Å². The molecule has 0 spiro atoms. The van der Waals surface area contributed by atoms with Crippen molar-refractivity contribution in [1.82, 2.24) is 5.32 Å². The van der Waals surface area contributed by atoms with Gasteiger partial charge in [0, 0.05) is 46.2 Å². The normalized spacial score (nSPS) is 17.7. The Morgan fingerprint density at radius 3 is 2.71 bits per heavy atom. The lowest BCUT2D eigenvalue weighted by Gasteiger charge is -2.36. The molecule has 1 aromatic rings. The lowest BCUT2D eigenvalue weighted by molar-refractivity contribution is -0.0573. The van der Waals surface area contributed by atoms with E-state index in [0.717, 1.165) is 12.1 Å². The summed E-state index contributed by atoms with van der Waals surface area (Å²) in [6.45, 7) is 5.09. The van der Waals surface area contributed by atoms with Crippen molar-refractivity contribution in [3.8, 4) is 0 Å². The van der Waals surface area contributed by atoms with Crippen LogP contribution in [0.3, 0.4) is 0 Å². The average Bonchev–Trinajstić information content (AvgIpc) is 2.45. The Morgan fingerprint density at radius 2 is 2.10 bits per heavy atom. The minimum Gasteiger partial charge on any atom is -0.388 e. The van der Waals surface area contributed by atoms with Crippen LogP contribution < -0.4 is 10.2 Å². The number of hydrogen-bond donors (Lipinski definition) is 2. The minimum atomic E-state index is -0.790. The Balaban J connectivity index is 2.03. The van der Waals surface area contributed by atoms with Crippen LogP contribution >= 0.6 is 0 Å². The van der Waals surface area contributed by atoms with Gasteiger partial charge in [-0.15, -0.1) is 0 Å². The fraction of sp³-hybridized carbons (Fsp3) is 0.625. The summed E-state index contributed by atoms with van der Waals surface area (Å²) in [6.07, 6.45) is 1.19. The number of likely N-dealkylation sites (N-methyl/N-ethyl adjacent to an activating group) is 1. The van der Waals surface area contributed by atoms with Crippen LogP contribution in [-0.2, 0) is 11.3 Å². The number of hydrogen-bond acceptors (Lipinski definition) is 4. The molecule has 1 aliphatic rings. The number of anilines is 1. The number of ether oxygens (including phenoxy) is 1. The standard InChI is InChI=1S/C16H25FN2O2/c1-3-18-11-13-4-5-15(14(17)10-13)19(2)12-16(20)6-8-21-9-7-16/h4-5,10,18,20H,3,6-9,11-12H2,1-2H3. The Bertz CT molecular complexity index is 462. The van der Waals surface area contributed by atoms with Crippen molar-refractivity contribution in [2.45, 2.75) is 31.9 Å². The fourth-order valence-electron chi connectivity index (χ4n) is 2.68. The first-order valence-electron chi connectivity index (χ1n) is 7.54. The quantitative estimate of drug-likeness (QED) is 0.842. The molecule has 1 aliphatic heterocycles. The molecule has 0 bridgehead atoms. The van der Waals surface area contributed by atoms with Crippen LogP contribution in [0.5, 0.6) is 0 Å². The molecule has 0 radical (unpaired) electrons. The van der Waals surface area contributed by atoms with Gasteiger partial charge in [-0.3, -0.25) is 0 Å². The smallest absolute Gasteiger partial charge is 0.146 e. The molecule has 118 valence electrons. The van der Waals surface area contributed by atoms with Gasteiger partial charge in [0.2, 0.25) is 0 Å². The molecule has 1 saturated heterocycles. The summed E-state index contributed by atoms with van der Waals surface area (Å²) in [5, 5.41) is 13.7. The Hall–Kier alpha value is -1.17. The topological polar surface area (TPSA) is 44.7 Å². The van der Waals surface area contributed by atoms with Gasteiger partial charge < -0.3 is 20.1 Å². The summed E-state index contributed by atoms with van der Waals surface area (Å²) in [5.41, 5.74) is 0.661. The summed E-state index contributed by atoms with van der Waals surface area (Å²) in [7, 11) is 1.82. The first-order valence-corrected chi connectivity index (χ1v) is 7.54. The van der Waals surface area contributed by atoms with Crippen molar-refractivity contribution >= 4 is 5.69 Å². The van der Waals surface area contributed by atoms with E-state index in [9.17, 15) is 9.50 Å². The van der Waals surface area contributed by atoms with Crippen LogP contribution in [0, 0.1) is 5.82 Å². The highest BCUT2D eigenvalue weighted by Gasteiger charge is 2.31. The van der Waals surface area contributed by atoms with E-state index in [1.807, 2.05) is 20.0 Å². The molecule has 1 heterocycles. The van der Waals surface area contributed by atoms with Crippen molar-refractivity contribution in [3.63, 3.8) is 0 Å². The maximum absolute atomic E-state index is 14.2. The molecule has 4 nitrogen and oxygen atoms in total. The van der Waals surface area contributed by atoms with E-state index in [0.29, 0.717) is 44.8 Å². The van der Waals surface area contributed by atoms with Crippen LogP contribution in [-0.4, -0.2) is 44.1 Å². The minimum absolute atomic E-state index is 0.247. The average molecular weight is 296 g/mol. The number of aliphatic hydroxyl groups is 1. The summed E-state index contributed by atoms with van der Waals surface area (Å²) in [6, 6.07) is 5.26. The van der Waals surface area contributed by atoms with Gasteiger partial charge in [-0.2, -0.15) is 0 Å². The molecule has 0 atom stereocenters. The van der Waals surface area contributed by atoms with Gasteiger partial charge in [-0.25, -0.2) is 4.39 Å². The van der Waals surface area contributed by atoms with Crippen molar-refractivity contribution < 1.29 is 14.2 Å². The van der Waals surface area contributed by atoms with E-state index >= 15 is 0 Å². The molecule has 1 aromatic carbocycles. The predicted octanol–water partition coefficient (Wildman–Crippen LogP) is 1.91.